The predicted octanol–water partition coefficient (Wildman–Crippen LogP) is 2.00. The van der Waals surface area contributed by atoms with Crippen molar-refractivity contribution in [3.05, 3.63) is 35.4 Å². The molecule has 0 fully saturated rings. The first-order valence-corrected chi connectivity index (χ1v) is 6.28. The second-order valence-electron chi connectivity index (χ2n) is 2.71. The van der Waals surface area contributed by atoms with Crippen LogP contribution < -0.4 is 0 Å². The molecule has 0 amide bonds. The number of rotatable bonds is 4. The lowest BCUT2D eigenvalue weighted by molar-refractivity contribution is 0.536. The van der Waals surface area contributed by atoms with Crippen molar-refractivity contribution in [3.8, 4) is 0 Å². The lowest BCUT2D eigenvalue weighted by atomic mass is 10.1. The first kappa shape index (κ1) is 10.9. The molecular weight excluding hydrogens is 252 g/mol. The number of halogens is 1. The summed E-state index contributed by atoms with van der Waals surface area (Å²) in [6.07, 6.45) is 0.930. The van der Waals surface area contributed by atoms with Gasteiger partial charge in [-0.05, 0) is 17.5 Å². The summed E-state index contributed by atoms with van der Waals surface area (Å²) in [5.41, 5.74) is 2.02. The molecule has 1 aromatic rings. The SMILES string of the molecule is O=S([O-])Cc1cccc(CCBr)c1. The quantitative estimate of drug-likeness (QED) is 0.615. The van der Waals surface area contributed by atoms with Crippen LogP contribution in [0.3, 0.4) is 0 Å². The molecule has 1 atom stereocenters. The fraction of sp³-hybridized carbons (Fsp3) is 0.333. The minimum atomic E-state index is -1.99. The van der Waals surface area contributed by atoms with Crippen LogP contribution in [0.1, 0.15) is 11.1 Å². The lowest BCUT2D eigenvalue weighted by Gasteiger charge is -2.06. The van der Waals surface area contributed by atoms with Crippen LogP contribution >= 0.6 is 15.9 Å². The Balaban J connectivity index is 2.73. The third kappa shape index (κ3) is 4.02. The normalized spacial score (nSPS) is 12.8. The van der Waals surface area contributed by atoms with E-state index in [-0.39, 0.29) is 5.75 Å². The molecule has 13 heavy (non-hydrogen) atoms. The Bertz CT molecular complexity index is 301. The first-order chi connectivity index (χ1) is 6.22. The fourth-order valence-electron chi connectivity index (χ4n) is 1.12. The molecule has 0 aromatic heterocycles. The molecule has 0 aliphatic carbocycles. The number of hydrogen-bond acceptors (Lipinski definition) is 2. The third-order valence-electron chi connectivity index (χ3n) is 1.66. The van der Waals surface area contributed by atoms with Gasteiger partial charge in [0.15, 0.2) is 0 Å². The van der Waals surface area contributed by atoms with Gasteiger partial charge in [-0.15, -0.1) is 0 Å². The number of alkyl halides is 1. The Morgan fingerprint density at radius 2 is 2.08 bits per heavy atom. The van der Waals surface area contributed by atoms with E-state index in [4.69, 9.17) is 0 Å². The van der Waals surface area contributed by atoms with Gasteiger partial charge in [0.25, 0.3) is 0 Å². The summed E-state index contributed by atoms with van der Waals surface area (Å²) in [7, 11) is 0. The van der Waals surface area contributed by atoms with E-state index in [0.717, 1.165) is 17.3 Å². The smallest absolute Gasteiger partial charge is 0.0353 e. The minimum absolute atomic E-state index is 0.107. The van der Waals surface area contributed by atoms with Crippen LogP contribution in [0.4, 0.5) is 0 Å². The van der Waals surface area contributed by atoms with Crippen LogP contribution in [0.25, 0.3) is 0 Å². The van der Waals surface area contributed by atoms with Crippen molar-refractivity contribution in [2.45, 2.75) is 12.2 Å². The van der Waals surface area contributed by atoms with Crippen LogP contribution in [0.15, 0.2) is 24.3 Å². The van der Waals surface area contributed by atoms with Gasteiger partial charge < -0.3 is 4.55 Å². The van der Waals surface area contributed by atoms with Crippen LogP contribution in [0.5, 0.6) is 0 Å². The van der Waals surface area contributed by atoms with E-state index in [9.17, 15) is 8.76 Å². The first-order valence-electron chi connectivity index (χ1n) is 3.92. The summed E-state index contributed by atoms with van der Waals surface area (Å²) in [5, 5.41) is 0.900. The fourth-order valence-corrected chi connectivity index (χ4v) is 2.03. The van der Waals surface area contributed by atoms with E-state index in [1.54, 1.807) is 0 Å². The average Bonchev–Trinajstić information content (AvgIpc) is 2.04. The highest BCUT2D eigenvalue weighted by Crippen LogP contribution is 2.08. The largest absolute Gasteiger partial charge is 0.772 e. The number of aryl methyl sites for hydroxylation is 1. The molecule has 0 radical (unpaired) electrons. The van der Waals surface area contributed by atoms with Crippen molar-refractivity contribution in [1.29, 1.82) is 0 Å². The Hall–Kier alpha value is -0.190. The standard InChI is InChI=1S/C9H11BrO2S/c10-5-4-8-2-1-3-9(6-8)7-13(11)12/h1-3,6H,4-5,7H2,(H,11,12)/p-1. The Morgan fingerprint density at radius 3 is 2.69 bits per heavy atom. The average molecular weight is 262 g/mol. The Labute approximate surface area is 88.8 Å². The van der Waals surface area contributed by atoms with Gasteiger partial charge in [-0.1, -0.05) is 51.3 Å². The molecule has 0 N–H and O–H groups in total. The van der Waals surface area contributed by atoms with Crippen molar-refractivity contribution in [2.24, 2.45) is 0 Å². The predicted molar refractivity (Wildman–Crippen MR) is 56.6 cm³/mol. The second-order valence-corrected chi connectivity index (χ2v) is 4.40. The molecule has 0 spiro atoms. The van der Waals surface area contributed by atoms with Crippen molar-refractivity contribution in [3.63, 3.8) is 0 Å². The van der Waals surface area contributed by atoms with Crippen molar-refractivity contribution >= 4 is 27.0 Å². The zero-order valence-corrected chi connectivity index (χ0v) is 9.44. The summed E-state index contributed by atoms with van der Waals surface area (Å²) in [6.45, 7) is 0. The summed E-state index contributed by atoms with van der Waals surface area (Å²) in [5.74, 6) is 0.107. The minimum Gasteiger partial charge on any atom is -0.772 e. The van der Waals surface area contributed by atoms with Crippen LogP contribution in [-0.4, -0.2) is 14.1 Å². The van der Waals surface area contributed by atoms with E-state index < -0.39 is 11.1 Å². The molecule has 0 saturated carbocycles. The van der Waals surface area contributed by atoms with E-state index in [1.165, 1.54) is 5.56 Å². The van der Waals surface area contributed by atoms with Gasteiger partial charge in [0.05, 0.1) is 0 Å². The van der Waals surface area contributed by atoms with Crippen molar-refractivity contribution < 1.29 is 8.76 Å². The maximum atomic E-state index is 10.4. The van der Waals surface area contributed by atoms with E-state index in [0.29, 0.717) is 0 Å². The maximum absolute atomic E-state index is 10.4. The molecule has 0 bridgehead atoms. The van der Waals surface area contributed by atoms with Crippen molar-refractivity contribution in [2.75, 3.05) is 5.33 Å². The molecule has 2 nitrogen and oxygen atoms in total. The monoisotopic (exact) mass is 261 g/mol. The van der Waals surface area contributed by atoms with Gasteiger partial charge in [0.2, 0.25) is 0 Å². The number of hydrogen-bond donors (Lipinski definition) is 0. The summed E-state index contributed by atoms with van der Waals surface area (Å²) in [6, 6.07) is 7.64. The van der Waals surface area contributed by atoms with Gasteiger partial charge in [0.1, 0.15) is 0 Å². The van der Waals surface area contributed by atoms with E-state index in [2.05, 4.69) is 15.9 Å². The molecule has 4 heteroatoms. The van der Waals surface area contributed by atoms with Crippen molar-refractivity contribution in [1.82, 2.24) is 0 Å². The molecule has 1 rings (SSSR count). The Morgan fingerprint density at radius 1 is 1.38 bits per heavy atom. The number of benzene rings is 1. The molecule has 1 unspecified atom stereocenters. The highest BCUT2D eigenvalue weighted by Gasteiger charge is 1.95. The van der Waals surface area contributed by atoms with Crippen LogP contribution in [0.2, 0.25) is 0 Å². The Kier molecular flexibility index (Phi) is 4.62. The van der Waals surface area contributed by atoms with Gasteiger partial charge in [-0.25, -0.2) is 0 Å². The molecule has 0 heterocycles. The zero-order chi connectivity index (χ0) is 9.68. The van der Waals surface area contributed by atoms with E-state index in [1.807, 2.05) is 24.3 Å². The van der Waals surface area contributed by atoms with Crippen LogP contribution in [-0.2, 0) is 23.3 Å². The lowest BCUT2D eigenvalue weighted by Crippen LogP contribution is -1.95. The highest BCUT2D eigenvalue weighted by atomic mass is 79.9. The van der Waals surface area contributed by atoms with E-state index >= 15 is 0 Å². The topological polar surface area (TPSA) is 40.1 Å². The van der Waals surface area contributed by atoms with Gasteiger partial charge in [0, 0.05) is 11.1 Å². The van der Waals surface area contributed by atoms with Gasteiger partial charge in [-0.3, -0.25) is 4.21 Å². The van der Waals surface area contributed by atoms with Gasteiger partial charge >= 0.3 is 0 Å². The third-order valence-corrected chi connectivity index (χ3v) is 2.62. The molecule has 0 saturated heterocycles. The molecule has 1 aromatic carbocycles. The summed E-state index contributed by atoms with van der Waals surface area (Å²) < 4.78 is 20.9. The highest BCUT2D eigenvalue weighted by molar-refractivity contribution is 9.09. The molecule has 0 aliphatic heterocycles. The second kappa shape index (κ2) is 5.52. The molecule has 0 aliphatic rings. The zero-order valence-electron chi connectivity index (χ0n) is 7.03. The molecule has 72 valence electrons. The molecular formula is C9H10BrO2S-. The summed E-state index contributed by atoms with van der Waals surface area (Å²) >= 11 is 1.35. The van der Waals surface area contributed by atoms with Gasteiger partial charge in [-0.2, -0.15) is 0 Å². The summed E-state index contributed by atoms with van der Waals surface area (Å²) in [4.78, 5) is 0. The van der Waals surface area contributed by atoms with Crippen LogP contribution in [0, 0.1) is 0 Å². The maximum Gasteiger partial charge on any atom is 0.0353 e.